The van der Waals surface area contributed by atoms with Crippen LogP contribution in [0.4, 0.5) is 10.1 Å². The van der Waals surface area contributed by atoms with E-state index in [0.717, 1.165) is 16.4 Å². The van der Waals surface area contributed by atoms with Gasteiger partial charge in [-0.1, -0.05) is 0 Å². The summed E-state index contributed by atoms with van der Waals surface area (Å²) < 4.78 is 41.6. The zero-order chi connectivity index (χ0) is 21.6. The van der Waals surface area contributed by atoms with Gasteiger partial charge in [0.15, 0.2) is 0 Å². The van der Waals surface area contributed by atoms with E-state index in [1.54, 1.807) is 13.8 Å². The molecule has 0 radical (unpaired) electrons. The van der Waals surface area contributed by atoms with Gasteiger partial charge in [0.05, 0.1) is 16.9 Å². The summed E-state index contributed by atoms with van der Waals surface area (Å²) in [6, 6.07) is 7.03. The van der Waals surface area contributed by atoms with Crippen molar-refractivity contribution in [2.45, 2.75) is 24.8 Å². The number of carbonyl (C=O) groups excluding carboxylic acids is 2. The highest BCUT2D eigenvalue weighted by Crippen LogP contribution is 2.32. The van der Waals surface area contributed by atoms with E-state index in [9.17, 15) is 22.4 Å². The topological polar surface area (TPSA) is 127 Å². The van der Waals surface area contributed by atoms with E-state index < -0.39 is 33.7 Å². The fourth-order valence-corrected chi connectivity index (χ4v) is 4.92. The van der Waals surface area contributed by atoms with Crippen LogP contribution >= 0.6 is 0 Å². The Morgan fingerprint density at radius 2 is 1.93 bits per heavy atom. The first-order chi connectivity index (χ1) is 14.2. The maximum Gasteiger partial charge on any atom is 0.269 e. The van der Waals surface area contributed by atoms with Crippen molar-refractivity contribution >= 4 is 27.5 Å². The number of anilines is 1. The van der Waals surface area contributed by atoms with Crippen LogP contribution in [0.3, 0.4) is 0 Å². The van der Waals surface area contributed by atoms with Gasteiger partial charge in [-0.3, -0.25) is 9.59 Å². The maximum atomic E-state index is 14.2. The van der Waals surface area contributed by atoms with E-state index in [2.05, 4.69) is 20.8 Å². The molecule has 0 unspecified atom stereocenters. The standard InChI is InChI=1S/C18H15FN6O4S/c1-10(2)25-18(27)13-5-3-11(7-16(13)30(25,28)29)17(26)21-15-8-12(4-6-14(15)19)24-9-20-22-23-24/h3-10H,1-2H3,(H,21,26). The molecular formula is C18H15FN6O4S. The average molecular weight is 430 g/mol. The van der Waals surface area contributed by atoms with Crippen molar-refractivity contribution in [2.24, 2.45) is 0 Å². The van der Waals surface area contributed by atoms with Gasteiger partial charge >= 0.3 is 0 Å². The Balaban J connectivity index is 1.66. The summed E-state index contributed by atoms with van der Waals surface area (Å²) in [4.78, 5) is 24.8. The minimum absolute atomic E-state index is 0.00731. The third-order valence-corrected chi connectivity index (χ3v) is 6.49. The first kappa shape index (κ1) is 19.6. The summed E-state index contributed by atoms with van der Waals surface area (Å²) in [5.74, 6) is -2.08. The summed E-state index contributed by atoms with van der Waals surface area (Å²) in [6.07, 6.45) is 1.31. The number of hydrogen-bond donors (Lipinski definition) is 1. The summed E-state index contributed by atoms with van der Waals surface area (Å²) in [7, 11) is -4.06. The van der Waals surface area contributed by atoms with Gasteiger partial charge in [0, 0.05) is 11.6 Å². The number of rotatable bonds is 4. The number of fused-ring (bicyclic) bond motifs is 1. The zero-order valence-corrected chi connectivity index (χ0v) is 16.6. The second-order valence-corrected chi connectivity index (χ2v) is 8.57. The third-order valence-electron chi connectivity index (χ3n) is 4.49. The fourth-order valence-electron chi connectivity index (χ4n) is 3.13. The van der Waals surface area contributed by atoms with E-state index in [1.807, 2.05) is 0 Å². The summed E-state index contributed by atoms with van der Waals surface area (Å²) >= 11 is 0. The lowest BCUT2D eigenvalue weighted by atomic mass is 10.1. The molecule has 0 fully saturated rings. The number of halogens is 1. The number of hydrogen-bond acceptors (Lipinski definition) is 7. The van der Waals surface area contributed by atoms with Crippen molar-refractivity contribution in [1.82, 2.24) is 24.5 Å². The van der Waals surface area contributed by atoms with Gasteiger partial charge in [-0.25, -0.2) is 21.8 Å². The molecule has 1 aliphatic heterocycles. The Morgan fingerprint density at radius 3 is 2.60 bits per heavy atom. The SMILES string of the molecule is CC(C)N1C(=O)c2ccc(C(=O)Nc3cc(-n4cnnn4)ccc3F)cc2S1(=O)=O. The Bertz CT molecular complexity index is 1270. The van der Waals surface area contributed by atoms with Crippen molar-refractivity contribution in [2.75, 3.05) is 5.32 Å². The molecule has 1 N–H and O–H groups in total. The van der Waals surface area contributed by atoms with Gasteiger partial charge in [-0.05, 0) is 60.7 Å². The number of sulfonamides is 1. The zero-order valence-electron chi connectivity index (χ0n) is 15.8. The molecule has 0 bridgehead atoms. The first-order valence-corrected chi connectivity index (χ1v) is 10.2. The Morgan fingerprint density at radius 1 is 1.17 bits per heavy atom. The predicted octanol–water partition coefficient (Wildman–Crippen LogP) is 1.61. The monoisotopic (exact) mass is 430 g/mol. The van der Waals surface area contributed by atoms with Gasteiger partial charge in [0.25, 0.3) is 21.8 Å². The molecule has 0 saturated carbocycles. The summed E-state index contributed by atoms with van der Waals surface area (Å²) in [6.45, 7) is 3.16. The molecule has 30 heavy (non-hydrogen) atoms. The van der Waals surface area contributed by atoms with Crippen LogP contribution in [0.1, 0.15) is 34.6 Å². The second kappa shape index (κ2) is 6.99. The normalized spacial score (nSPS) is 14.8. The lowest BCUT2D eigenvalue weighted by molar-refractivity contribution is 0.0846. The molecule has 2 amide bonds. The van der Waals surface area contributed by atoms with Crippen LogP contribution in [-0.4, -0.2) is 50.8 Å². The lowest BCUT2D eigenvalue weighted by Crippen LogP contribution is -2.36. The smallest absolute Gasteiger partial charge is 0.269 e. The van der Waals surface area contributed by atoms with Gasteiger partial charge < -0.3 is 5.32 Å². The summed E-state index contributed by atoms with van der Waals surface area (Å²) in [5, 5.41) is 13.1. The van der Waals surface area contributed by atoms with Gasteiger partial charge in [0.1, 0.15) is 17.0 Å². The fraction of sp³-hybridized carbons (Fsp3) is 0.167. The number of tetrazole rings is 1. The third kappa shape index (κ3) is 3.10. The van der Waals surface area contributed by atoms with Crippen LogP contribution < -0.4 is 5.32 Å². The average Bonchev–Trinajstić information content (AvgIpc) is 3.29. The molecule has 2 heterocycles. The first-order valence-electron chi connectivity index (χ1n) is 8.77. The molecule has 0 spiro atoms. The molecule has 1 aromatic heterocycles. The number of amides is 2. The van der Waals surface area contributed by atoms with Crippen LogP contribution in [0.15, 0.2) is 47.6 Å². The van der Waals surface area contributed by atoms with Crippen LogP contribution in [0.5, 0.6) is 0 Å². The van der Waals surface area contributed by atoms with Gasteiger partial charge in [0.2, 0.25) is 0 Å². The summed E-state index contributed by atoms with van der Waals surface area (Å²) in [5.41, 5.74) is 0.220. The van der Waals surface area contributed by atoms with Crippen LogP contribution in [0, 0.1) is 5.82 Å². The second-order valence-electron chi connectivity index (χ2n) is 6.78. The van der Waals surface area contributed by atoms with E-state index in [-0.39, 0.29) is 21.7 Å². The molecule has 0 aliphatic carbocycles. The molecule has 12 heteroatoms. The molecule has 3 aromatic rings. The van der Waals surface area contributed by atoms with E-state index in [0.29, 0.717) is 5.69 Å². The molecule has 1 aliphatic rings. The number of benzene rings is 2. The Kier molecular flexibility index (Phi) is 4.57. The van der Waals surface area contributed by atoms with Crippen molar-refractivity contribution in [1.29, 1.82) is 0 Å². The minimum atomic E-state index is -4.06. The number of nitrogens with zero attached hydrogens (tertiary/aromatic N) is 5. The number of aromatic nitrogens is 4. The van der Waals surface area contributed by atoms with Crippen molar-refractivity contribution < 1.29 is 22.4 Å². The van der Waals surface area contributed by atoms with Gasteiger partial charge in [-0.2, -0.15) is 0 Å². The highest BCUT2D eigenvalue weighted by molar-refractivity contribution is 7.90. The molecule has 2 aromatic carbocycles. The largest absolute Gasteiger partial charge is 0.319 e. The quantitative estimate of drug-likeness (QED) is 0.666. The lowest BCUT2D eigenvalue weighted by Gasteiger charge is -2.18. The highest BCUT2D eigenvalue weighted by atomic mass is 32.2. The number of nitrogens with one attached hydrogen (secondary N) is 1. The van der Waals surface area contributed by atoms with Crippen LogP contribution in [0.25, 0.3) is 5.69 Å². The number of carbonyl (C=O) groups is 2. The van der Waals surface area contributed by atoms with Gasteiger partial charge in [-0.15, -0.1) is 5.10 Å². The van der Waals surface area contributed by atoms with Crippen LogP contribution in [0.2, 0.25) is 0 Å². The van der Waals surface area contributed by atoms with Crippen molar-refractivity contribution in [3.05, 3.63) is 59.7 Å². The molecule has 154 valence electrons. The molecular weight excluding hydrogens is 415 g/mol. The van der Waals surface area contributed by atoms with Crippen molar-refractivity contribution in [3.8, 4) is 5.69 Å². The van der Waals surface area contributed by atoms with E-state index in [4.69, 9.17) is 0 Å². The van der Waals surface area contributed by atoms with Crippen LogP contribution in [-0.2, 0) is 10.0 Å². The van der Waals surface area contributed by atoms with E-state index in [1.165, 1.54) is 35.3 Å². The van der Waals surface area contributed by atoms with Crippen molar-refractivity contribution in [3.63, 3.8) is 0 Å². The molecule has 0 atom stereocenters. The Hall–Kier alpha value is -3.67. The Labute approximate surface area is 170 Å². The maximum absolute atomic E-state index is 14.2. The molecule has 10 nitrogen and oxygen atoms in total. The highest BCUT2D eigenvalue weighted by Gasteiger charge is 2.42. The predicted molar refractivity (Wildman–Crippen MR) is 102 cm³/mol. The minimum Gasteiger partial charge on any atom is -0.319 e. The molecule has 0 saturated heterocycles. The molecule has 4 rings (SSSR count). The van der Waals surface area contributed by atoms with E-state index >= 15 is 0 Å².